The fraction of sp³-hybridized carbons (Fsp3) is 0.750. The van der Waals surface area contributed by atoms with Crippen molar-refractivity contribution < 1.29 is 0 Å². The van der Waals surface area contributed by atoms with E-state index in [4.69, 9.17) is 12.2 Å². The van der Waals surface area contributed by atoms with E-state index in [1.165, 1.54) is 12.1 Å². The van der Waals surface area contributed by atoms with Crippen molar-refractivity contribution in [3.05, 3.63) is 0 Å². The molecule has 0 unspecified atom stereocenters. The van der Waals surface area contributed by atoms with Crippen LogP contribution in [0.5, 0.6) is 0 Å². The number of hydrogen-bond donors (Lipinski definition) is 2. The van der Waals surface area contributed by atoms with Gasteiger partial charge in [0.1, 0.15) is 0 Å². The summed E-state index contributed by atoms with van der Waals surface area (Å²) in [6, 6.07) is 0. The van der Waals surface area contributed by atoms with Gasteiger partial charge in [0.15, 0.2) is 5.11 Å². The first-order valence-electron chi connectivity index (χ1n) is 4.42. The highest BCUT2D eigenvalue weighted by Gasteiger charge is 2.09. The largest absolute Gasteiger partial charge is 0.361 e. The molecular weight excluding hydrogens is 170 g/mol. The summed E-state index contributed by atoms with van der Waals surface area (Å²) in [5.41, 5.74) is 4.06. The molecule has 68 valence electrons. The SMILES string of the molecule is CCCNC(=S)NN=C1CCC1. The van der Waals surface area contributed by atoms with Gasteiger partial charge in [-0.1, -0.05) is 6.92 Å². The van der Waals surface area contributed by atoms with E-state index in [9.17, 15) is 0 Å². The Kier molecular flexibility index (Phi) is 4.00. The highest BCUT2D eigenvalue weighted by atomic mass is 32.1. The van der Waals surface area contributed by atoms with E-state index in [0.29, 0.717) is 5.11 Å². The van der Waals surface area contributed by atoms with Crippen molar-refractivity contribution in [2.75, 3.05) is 6.54 Å². The third-order valence-electron chi connectivity index (χ3n) is 1.78. The molecule has 1 fully saturated rings. The Morgan fingerprint density at radius 3 is 2.83 bits per heavy atom. The molecule has 3 nitrogen and oxygen atoms in total. The lowest BCUT2D eigenvalue weighted by Crippen LogP contribution is -2.33. The van der Waals surface area contributed by atoms with Crippen molar-refractivity contribution in [2.45, 2.75) is 32.6 Å². The summed E-state index contributed by atoms with van der Waals surface area (Å²) in [6.07, 6.45) is 4.61. The van der Waals surface area contributed by atoms with E-state index in [0.717, 1.165) is 25.8 Å². The summed E-state index contributed by atoms with van der Waals surface area (Å²) >= 11 is 4.98. The number of hydrogen-bond acceptors (Lipinski definition) is 2. The van der Waals surface area contributed by atoms with E-state index in [1.807, 2.05) is 0 Å². The van der Waals surface area contributed by atoms with E-state index >= 15 is 0 Å². The first kappa shape index (κ1) is 9.45. The van der Waals surface area contributed by atoms with Gasteiger partial charge in [-0.3, -0.25) is 5.43 Å². The van der Waals surface area contributed by atoms with Gasteiger partial charge in [-0.15, -0.1) is 0 Å². The molecule has 0 spiro atoms. The van der Waals surface area contributed by atoms with Gasteiger partial charge in [-0.25, -0.2) is 0 Å². The van der Waals surface area contributed by atoms with Crippen LogP contribution in [0.15, 0.2) is 5.10 Å². The molecule has 1 aliphatic rings. The lowest BCUT2D eigenvalue weighted by molar-refractivity contribution is 0.768. The number of nitrogens with one attached hydrogen (secondary N) is 2. The fourth-order valence-corrected chi connectivity index (χ4v) is 1.00. The molecule has 0 aliphatic heterocycles. The molecule has 0 saturated heterocycles. The highest BCUT2D eigenvalue weighted by molar-refractivity contribution is 7.80. The maximum absolute atomic E-state index is 4.98. The minimum absolute atomic E-state index is 0.635. The van der Waals surface area contributed by atoms with Gasteiger partial charge in [0.05, 0.1) is 0 Å². The van der Waals surface area contributed by atoms with Gasteiger partial charge in [-0.05, 0) is 37.9 Å². The topological polar surface area (TPSA) is 36.4 Å². The average molecular weight is 185 g/mol. The molecule has 0 atom stereocenters. The Balaban J connectivity index is 2.09. The number of hydrazone groups is 1. The molecule has 0 aromatic carbocycles. The van der Waals surface area contributed by atoms with Crippen LogP contribution in [0.4, 0.5) is 0 Å². The van der Waals surface area contributed by atoms with Crippen molar-refractivity contribution in [2.24, 2.45) is 5.10 Å². The van der Waals surface area contributed by atoms with Gasteiger partial charge in [0.2, 0.25) is 0 Å². The van der Waals surface area contributed by atoms with Crippen LogP contribution < -0.4 is 10.7 Å². The molecule has 4 heteroatoms. The van der Waals surface area contributed by atoms with Crippen LogP contribution in [0.2, 0.25) is 0 Å². The summed E-state index contributed by atoms with van der Waals surface area (Å²) in [4.78, 5) is 0. The summed E-state index contributed by atoms with van der Waals surface area (Å²) < 4.78 is 0. The molecule has 1 rings (SSSR count). The third kappa shape index (κ3) is 3.17. The number of thiocarbonyl (C=S) groups is 1. The molecule has 0 radical (unpaired) electrons. The molecule has 2 N–H and O–H groups in total. The minimum Gasteiger partial charge on any atom is -0.361 e. The van der Waals surface area contributed by atoms with Gasteiger partial charge < -0.3 is 5.32 Å². The van der Waals surface area contributed by atoms with Crippen molar-refractivity contribution in [3.63, 3.8) is 0 Å². The Morgan fingerprint density at radius 2 is 2.33 bits per heavy atom. The van der Waals surface area contributed by atoms with Gasteiger partial charge in [0.25, 0.3) is 0 Å². The van der Waals surface area contributed by atoms with Crippen LogP contribution in [-0.2, 0) is 0 Å². The predicted molar refractivity (Wildman–Crippen MR) is 55.3 cm³/mol. The Bertz CT molecular complexity index is 183. The van der Waals surface area contributed by atoms with Gasteiger partial charge in [0, 0.05) is 12.3 Å². The van der Waals surface area contributed by atoms with Crippen molar-refractivity contribution in [1.29, 1.82) is 0 Å². The molecule has 0 bridgehead atoms. The van der Waals surface area contributed by atoms with E-state index < -0.39 is 0 Å². The second-order valence-corrected chi connectivity index (χ2v) is 3.31. The maximum Gasteiger partial charge on any atom is 0.186 e. The average Bonchev–Trinajstić information content (AvgIpc) is 1.98. The quantitative estimate of drug-likeness (QED) is 0.515. The Morgan fingerprint density at radius 1 is 1.58 bits per heavy atom. The van der Waals surface area contributed by atoms with Crippen LogP contribution >= 0.6 is 12.2 Å². The van der Waals surface area contributed by atoms with E-state index in [-0.39, 0.29) is 0 Å². The van der Waals surface area contributed by atoms with Crippen LogP contribution in [0.3, 0.4) is 0 Å². The maximum atomic E-state index is 4.98. The van der Waals surface area contributed by atoms with E-state index in [2.05, 4.69) is 22.8 Å². The number of rotatable bonds is 3. The standard InChI is InChI=1S/C8H15N3S/c1-2-6-9-8(12)11-10-7-4-3-5-7/h2-6H2,1H3,(H2,9,11,12). The molecule has 12 heavy (non-hydrogen) atoms. The highest BCUT2D eigenvalue weighted by Crippen LogP contribution is 2.13. The monoisotopic (exact) mass is 185 g/mol. The fourth-order valence-electron chi connectivity index (χ4n) is 0.855. The lowest BCUT2D eigenvalue weighted by Gasteiger charge is -2.14. The Labute approximate surface area is 78.6 Å². The summed E-state index contributed by atoms with van der Waals surface area (Å²) in [5.74, 6) is 0. The van der Waals surface area contributed by atoms with Crippen molar-refractivity contribution in [1.82, 2.24) is 10.7 Å². The second-order valence-electron chi connectivity index (χ2n) is 2.90. The van der Waals surface area contributed by atoms with Crippen LogP contribution in [-0.4, -0.2) is 17.4 Å². The summed E-state index contributed by atoms with van der Waals surface area (Å²) in [5, 5.41) is 7.83. The molecule has 1 saturated carbocycles. The van der Waals surface area contributed by atoms with Crippen LogP contribution in [0.1, 0.15) is 32.6 Å². The van der Waals surface area contributed by atoms with Crippen LogP contribution in [0, 0.1) is 0 Å². The minimum atomic E-state index is 0.635. The molecular formula is C8H15N3S. The lowest BCUT2D eigenvalue weighted by atomic mass is 9.98. The van der Waals surface area contributed by atoms with Crippen molar-refractivity contribution in [3.8, 4) is 0 Å². The first-order chi connectivity index (χ1) is 5.83. The zero-order chi connectivity index (χ0) is 8.81. The molecule has 0 amide bonds. The normalized spacial score (nSPS) is 14.9. The molecule has 0 heterocycles. The summed E-state index contributed by atoms with van der Waals surface area (Å²) in [6.45, 7) is 3.02. The molecule has 0 aromatic rings. The smallest absolute Gasteiger partial charge is 0.186 e. The third-order valence-corrected chi connectivity index (χ3v) is 2.02. The number of nitrogens with zero attached hydrogens (tertiary/aromatic N) is 1. The summed E-state index contributed by atoms with van der Waals surface area (Å²) in [7, 11) is 0. The predicted octanol–water partition coefficient (Wildman–Crippen LogP) is 1.40. The van der Waals surface area contributed by atoms with Crippen molar-refractivity contribution >= 4 is 23.0 Å². The van der Waals surface area contributed by atoms with Gasteiger partial charge in [-0.2, -0.15) is 5.10 Å². The zero-order valence-electron chi connectivity index (χ0n) is 7.39. The second kappa shape index (κ2) is 5.09. The Hall–Kier alpha value is -0.640. The molecule has 1 aliphatic carbocycles. The van der Waals surface area contributed by atoms with Crippen LogP contribution in [0.25, 0.3) is 0 Å². The first-order valence-corrected chi connectivity index (χ1v) is 4.83. The van der Waals surface area contributed by atoms with Gasteiger partial charge >= 0.3 is 0 Å². The van der Waals surface area contributed by atoms with E-state index in [1.54, 1.807) is 0 Å². The molecule has 0 aromatic heterocycles. The zero-order valence-corrected chi connectivity index (χ0v) is 8.21.